The third-order valence-corrected chi connectivity index (χ3v) is 21.4. The van der Waals surface area contributed by atoms with Gasteiger partial charge in [-0.15, -0.1) is 0 Å². The maximum absolute atomic E-state index is 6.48. The van der Waals surface area contributed by atoms with Crippen LogP contribution in [0.4, 0.5) is 0 Å². The third kappa shape index (κ3) is 5.92. The van der Waals surface area contributed by atoms with Gasteiger partial charge < -0.3 is 0 Å². The number of nitrogens with zero attached hydrogens (tertiary/aromatic N) is 2. The van der Waals surface area contributed by atoms with E-state index >= 15 is 0 Å². The summed E-state index contributed by atoms with van der Waals surface area (Å²) >= 11 is 3.32. The number of pyridine rings is 2. The van der Waals surface area contributed by atoms with Crippen LogP contribution in [0.25, 0.3) is 0 Å². The fourth-order valence-corrected chi connectivity index (χ4v) is 19.8. The second-order valence-electron chi connectivity index (χ2n) is 3.30. The van der Waals surface area contributed by atoms with Crippen molar-refractivity contribution in [3.05, 3.63) is 45.6 Å². The predicted octanol–water partition coefficient (Wildman–Crippen LogP) is 5.80. The van der Waals surface area contributed by atoms with E-state index in [9.17, 15) is 0 Å². The molecule has 0 fully saturated rings. The Morgan fingerprint density at radius 3 is 1.58 bits per heavy atom. The predicted molar refractivity (Wildman–Crippen MR) is 93.0 cm³/mol. The fourth-order valence-electron chi connectivity index (χ4n) is 1.11. The van der Waals surface area contributed by atoms with Crippen molar-refractivity contribution < 1.29 is 0 Å². The number of halogens is 4. The van der Waals surface area contributed by atoms with Crippen LogP contribution in [0.15, 0.2) is 55.7 Å². The van der Waals surface area contributed by atoms with Crippen molar-refractivity contribution in [3.63, 3.8) is 0 Å². The molecule has 0 saturated carbocycles. The second-order valence-corrected chi connectivity index (χ2v) is 37.4. The van der Waals surface area contributed by atoms with E-state index in [2.05, 4.69) is 41.8 Å². The van der Waals surface area contributed by atoms with Crippen LogP contribution in [-0.2, 0) is 0 Å². The quantitative estimate of drug-likeness (QED) is 0.437. The second kappa shape index (κ2) is 7.56. The first kappa shape index (κ1) is 16.7. The van der Waals surface area contributed by atoms with Crippen molar-refractivity contribution in [2.45, 2.75) is 10.1 Å². The molecule has 2 heterocycles. The average Bonchev–Trinajstić information content (AvgIpc) is 2.34. The molecule has 2 nitrogen and oxygen atoms in total. The van der Waals surface area contributed by atoms with E-state index in [1.165, 1.54) is 17.9 Å². The van der Waals surface area contributed by atoms with E-state index in [1.807, 2.05) is 24.3 Å². The normalized spacial score (nSPS) is 11.6. The average molecular weight is 568 g/mol. The van der Waals surface area contributed by atoms with Crippen LogP contribution in [0.3, 0.4) is 0 Å². The molecule has 0 amide bonds. The Bertz CT molecular complexity index is 505. The third-order valence-electron chi connectivity index (χ3n) is 1.85. The van der Waals surface area contributed by atoms with Gasteiger partial charge in [0.05, 0.1) is 0 Å². The summed E-state index contributed by atoms with van der Waals surface area (Å²) in [7, 11) is 15.9. The van der Waals surface area contributed by atoms with Crippen molar-refractivity contribution in [3.8, 4) is 0 Å². The van der Waals surface area contributed by atoms with Crippen LogP contribution in [0.2, 0.25) is 0 Å². The van der Waals surface area contributed by atoms with E-state index < -0.39 is 13.4 Å². The van der Waals surface area contributed by atoms with Gasteiger partial charge in [0.15, 0.2) is 0 Å². The topological polar surface area (TPSA) is 25.8 Å². The van der Waals surface area contributed by atoms with Crippen molar-refractivity contribution in [1.82, 2.24) is 9.97 Å². The standard InChI is InChI=1S/2C5H4BrNS.2ClH.Sn/c2*6-4-1-2-5(8)7-3-4;;;/h2*1-3H,(H,7,8);2*1H;/q;;;;+4/p-4. The molecule has 0 radical (unpaired) electrons. The van der Waals surface area contributed by atoms with Crippen LogP contribution in [0.5, 0.6) is 0 Å². The first-order valence-corrected chi connectivity index (χ1v) is 22.4. The summed E-state index contributed by atoms with van der Waals surface area (Å²) in [6.45, 7) is 0. The summed E-state index contributed by atoms with van der Waals surface area (Å²) in [6, 6.07) is 7.66. The molecular weight excluding hydrogens is 562 g/mol. The fraction of sp³-hybridized carbons (Fsp3) is 0. The van der Waals surface area contributed by atoms with E-state index in [1.54, 1.807) is 12.4 Å². The van der Waals surface area contributed by atoms with E-state index in [0.29, 0.717) is 0 Å². The Balaban J connectivity index is 2.05. The molecule has 19 heavy (non-hydrogen) atoms. The molecule has 9 heteroatoms. The van der Waals surface area contributed by atoms with Gasteiger partial charge in [0, 0.05) is 0 Å². The van der Waals surface area contributed by atoms with Gasteiger partial charge in [-0.05, 0) is 0 Å². The Hall–Kier alpha value is 1.34. The zero-order chi connectivity index (χ0) is 13.9. The monoisotopic (exact) mass is 566 g/mol. The summed E-state index contributed by atoms with van der Waals surface area (Å²) in [5.41, 5.74) is 0. The van der Waals surface area contributed by atoms with Gasteiger partial charge in [0.25, 0.3) is 0 Å². The number of hydrogen-bond donors (Lipinski definition) is 0. The van der Waals surface area contributed by atoms with Gasteiger partial charge in [0.2, 0.25) is 0 Å². The summed E-state index contributed by atoms with van der Waals surface area (Å²) in [4.78, 5) is 8.56. The zero-order valence-electron chi connectivity index (χ0n) is 9.19. The molecule has 100 valence electrons. The molecule has 2 aromatic heterocycles. The first-order valence-electron chi connectivity index (χ1n) is 4.93. The van der Waals surface area contributed by atoms with E-state index in [-0.39, 0.29) is 0 Å². The Kier molecular flexibility index (Phi) is 6.64. The van der Waals surface area contributed by atoms with Gasteiger partial charge in [-0.2, -0.15) is 0 Å². The van der Waals surface area contributed by atoms with Gasteiger partial charge >= 0.3 is 147 Å². The van der Waals surface area contributed by atoms with Crippen molar-refractivity contribution in [2.24, 2.45) is 0 Å². The SMILES string of the molecule is [Cl][Sn]([Cl])([S]c1ccc(Br)cn1)[S]c1ccc(Br)cn1. The number of rotatable bonds is 4. The van der Waals surface area contributed by atoms with E-state index in [0.717, 1.165) is 19.0 Å². The van der Waals surface area contributed by atoms with E-state index in [4.69, 9.17) is 17.8 Å². The zero-order valence-corrected chi connectivity index (χ0v) is 18.4. The Morgan fingerprint density at radius 2 is 1.26 bits per heavy atom. The maximum atomic E-state index is 6.48. The van der Waals surface area contributed by atoms with Crippen molar-refractivity contribution >= 4 is 81.0 Å². The van der Waals surface area contributed by atoms with Crippen LogP contribution in [0, 0.1) is 0 Å². The molecule has 0 aromatic carbocycles. The van der Waals surface area contributed by atoms with Gasteiger partial charge in [0.1, 0.15) is 0 Å². The van der Waals surface area contributed by atoms with Crippen molar-refractivity contribution in [1.29, 1.82) is 0 Å². The summed E-state index contributed by atoms with van der Waals surface area (Å²) in [5, 5.41) is 1.68. The van der Waals surface area contributed by atoms with Crippen molar-refractivity contribution in [2.75, 3.05) is 0 Å². The minimum atomic E-state index is -3.37. The molecule has 0 unspecified atom stereocenters. The molecule has 0 spiro atoms. The molecule has 2 rings (SSSR count). The summed E-state index contributed by atoms with van der Waals surface area (Å²) < 4.78 is 1.87. The molecular formula is C10H6Br2Cl2N2S2Sn. The van der Waals surface area contributed by atoms with Gasteiger partial charge in [-0.1, -0.05) is 0 Å². The molecule has 0 bridgehead atoms. The van der Waals surface area contributed by atoms with Crippen LogP contribution < -0.4 is 0 Å². The van der Waals surface area contributed by atoms with Gasteiger partial charge in [-0.25, -0.2) is 0 Å². The molecule has 2 aromatic rings. The summed E-state index contributed by atoms with van der Waals surface area (Å²) in [6.07, 6.45) is 3.47. The molecule has 0 saturated heterocycles. The Morgan fingerprint density at radius 1 is 0.842 bits per heavy atom. The van der Waals surface area contributed by atoms with Crippen LogP contribution in [-0.4, -0.2) is 23.3 Å². The van der Waals surface area contributed by atoms with Gasteiger partial charge in [-0.3, -0.25) is 0 Å². The molecule has 0 aliphatic heterocycles. The van der Waals surface area contributed by atoms with Crippen LogP contribution in [0.1, 0.15) is 0 Å². The molecule has 0 N–H and O–H groups in total. The Labute approximate surface area is 144 Å². The minimum absolute atomic E-state index is 0.841. The first-order chi connectivity index (χ1) is 8.94. The molecule has 0 aliphatic rings. The summed E-state index contributed by atoms with van der Waals surface area (Å²) in [5.74, 6) is 0. The number of aromatic nitrogens is 2. The van der Waals surface area contributed by atoms with Crippen LogP contribution >= 0.6 is 67.6 Å². The molecule has 0 atom stereocenters. The molecule has 0 aliphatic carbocycles. The number of hydrogen-bond acceptors (Lipinski definition) is 4.